The Labute approximate surface area is 148 Å². The summed E-state index contributed by atoms with van der Waals surface area (Å²) in [5.41, 5.74) is 1.38. The monoisotopic (exact) mass is 360 g/mol. The maximum atomic E-state index is 12.9. The number of fused-ring (bicyclic) bond motifs is 3. The van der Waals surface area contributed by atoms with Gasteiger partial charge in [0.1, 0.15) is 17.9 Å². The summed E-state index contributed by atoms with van der Waals surface area (Å²) < 4.78 is 9.58. The molecule has 0 saturated carbocycles. The van der Waals surface area contributed by atoms with Gasteiger partial charge in [0, 0.05) is 24.4 Å². The fourth-order valence-electron chi connectivity index (χ4n) is 3.29. The van der Waals surface area contributed by atoms with Gasteiger partial charge in [-0.1, -0.05) is 6.92 Å². The third-order valence-electron chi connectivity index (χ3n) is 4.53. The van der Waals surface area contributed by atoms with Gasteiger partial charge >= 0.3 is 0 Å². The Morgan fingerprint density at radius 3 is 2.76 bits per heavy atom. The number of aryl methyl sites for hydroxylation is 2. The Morgan fingerprint density at radius 1 is 1.28 bits per heavy atom. The average molecular weight is 360 g/mol. The van der Waals surface area contributed by atoms with Crippen LogP contribution in [-0.4, -0.2) is 51.3 Å². The molecule has 0 radical (unpaired) electrons. The molecular formula is C17H20N4O3S. The molecule has 1 fully saturated rings. The number of rotatable bonds is 3. The molecule has 1 aliphatic heterocycles. The lowest BCUT2D eigenvalue weighted by molar-refractivity contribution is -0.136. The van der Waals surface area contributed by atoms with Gasteiger partial charge in [0.15, 0.2) is 0 Å². The maximum absolute atomic E-state index is 12.9. The zero-order valence-electron chi connectivity index (χ0n) is 14.3. The van der Waals surface area contributed by atoms with Gasteiger partial charge in [0.2, 0.25) is 5.91 Å². The number of hydrogen-bond donors (Lipinski definition) is 0. The Morgan fingerprint density at radius 2 is 2.04 bits per heavy atom. The normalized spacial score (nSPS) is 15.4. The number of carbonyl (C=O) groups excluding carboxylic acids is 1. The molecule has 0 unspecified atom stereocenters. The number of thiophene rings is 1. The van der Waals surface area contributed by atoms with Gasteiger partial charge in [-0.05, 0) is 19.1 Å². The molecule has 0 aliphatic carbocycles. The lowest BCUT2D eigenvalue weighted by atomic mass is 10.4. The lowest BCUT2D eigenvalue weighted by Crippen LogP contribution is -2.44. The van der Waals surface area contributed by atoms with Crippen LogP contribution in [0, 0.1) is 6.92 Å². The number of carbonyl (C=O) groups is 1. The molecule has 132 valence electrons. The van der Waals surface area contributed by atoms with Crippen molar-refractivity contribution in [1.29, 1.82) is 0 Å². The zero-order valence-corrected chi connectivity index (χ0v) is 15.1. The average Bonchev–Trinajstić information content (AvgIpc) is 3.14. The van der Waals surface area contributed by atoms with Crippen LogP contribution in [0.15, 0.2) is 16.9 Å². The molecule has 0 N–H and O–H groups in total. The van der Waals surface area contributed by atoms with E-state index in [4.69, 9.17) is 4.74 Å². The molecule has 1 amide bonds. The van der Waals surface area contributed by atoms with Crippen molar-refractivity contribution >= 4 is 33.0 Å². The van der Waals surface area contributed by atoms with Crippen molar-refractivity contribution in [2.75, 3.05) is 26.3 Å². The first-order valence-corrected chi connectivity index (χ1v) is 9.27. The fourth-order valence-corrected chi connectivity index (χ4v) is 4.23. The molecule has 0 bridgehead atoms. The van der Waals surface area contributed by atoms with Gasteiger partial charge in [-0.2, -0.15) is 5.10 Å². The molecular weight excluding hydrogens is 340 g/mol. The second kappa shape index (κ2) is 6.27. The molecule has 0 aromatic carbocycles. The minimum atomic E-state index is -0.222. The predicted octanol–water partition coefficient (Wildman–Crippen LogP) is 1.44. The van der Waals surface area contributed by atoms with E-state index in [1.54, 1.807) is 16.2 Å². The summed E-state index contributed by atoms with van der Waals surface area (Å²) in [6, 6.07) is 3.99. The van der Waals surface area contributed by atoms with E-state index < -0.39 is 0 Å². The first-order chi connectivity index (χ1) is 12.1. The molecule has 4 heterocycles. The van der Waals surface area contributed by atoms with Crippen LogP contribution < -0.4 is 5.56 Å². The van der Waals surface area contributed by atoms with Crippen molar-refractivity contribution in [2.24, 2.45) is 0 Å². The zero-order chi connectivity index (χ0) is 17.6. The van der Waals surface area contributed by atoms with E-state index in [9.17, 15) is 9.59 Å². The topological polar surface area (TPSA) is 68.8 Å². The Kier molecular flexibility index (Phi) is 4.09. The number of nitrogens with zero attached hydrogens (tertiary/aromatic N) is 4. The Bertz CT molecular complexity index is 1010. The van der Waals surface area contributed by atoms with Crippen LogP contribution in [0.3, 0.4) is 0 Å². The summed E-state index contributed by atoms with van der Waals surface area (Å²) >= 11 is 1.66. The maximum Gasteiger partial charge on any atom is 0.291 e. The highest BCUT2D eigenvalue weighted by Crippen LogP contribution is 2.28. The number of morpholine rings is 1. The summed E-state index contributed by atoms with van der Waals surface area (Å²) in [5.74, 6) is 0.700. The third kappa shape index (κ3) is 2.75. The van der Waals surface area contributed by atoms with Crippen LogP contribution >= 0.6 is 11.3 Å². The van der Waals surface area contributed by atoms with Crippen molar-refractivity contribution in [1.82, 2.24) is 19.1 Å². The van der Waals surface area contributed by atoms with Crippen LogP contribution in [0.5, 0.6) is 0 Å². The van der Waals surface area contributed by atoms with Gasteiger partial charge in [0.25, 0.3) is 5.56 Å². The molecule has 25 heavy (non-hydrogen) atoms. The van der Waals surface area contributed by atoms with Gasteiger partial charge in [-0.3, -0.25) is 14.0 Å². The number of aromatic nitrogens is 3. The van der Waals surface area contributed by atoms with Gasteiger partial charge in [-0.25, -0.2) is 4.68 Å². The molecule has 1 aliphatic rings. The second-order valence-corrected chi connectivity index (χ2v) is 7.49. The number of amides is 1. The van der Waals surface area contributed by atoms with Crippen molar-refractivity contribution in [3.05, 3.63) is 33.2 Å². The highest BCUT2D eigenvalue weighted by Gasteiger charge is 2.20. The van der Waals surface area contributed by atoms with E-state index in [2.05, 4.69) is 18.1 Å². The van der Waals surface area contributed by atoms with E-state index in [-0.39, 0.29) is 18.0 Å². The Balaban J connectivity index is 1.78. The van der Waals surface area contributed by atoms with Crippen LogP contribution in [0.2, 0.25) is 0 Å². The molecule has 3 aromatic rings. The van der Waals surface area contributed by atoms with Crippen molar-refractivity contribution in [3.63, 3.8) is 0 Å². The van der Waals surface area contributed by atoms with E-state index in [1.807, 2.05) is 17.4 Å². The van der Waals surface area contributed by atoms with E-state index in [0.29, 0.717) is 38.2 Å². The quantitative estimate of drug-likeness (QED) is 0.709. The SMILES string of the molecule is CCc1nn(CC(=O)N2CCOCC2)c(=O)c2cc3sc(C)cc3n12. The second-order valence-electron chi connectivity index (χ2n) is 6.20. The third-order valence-corrected chi connectivity index (χ3v) is 5.51. The summed E-state index contributed by atoms with van der Waals surface area (Å²) in [6.45, 7) is 6.25. The van der Waals surface area contributed by atoms with E-state index >= 15 is 0 Å². The van der Waals surface area contributed by atoms with Crippen LogP contribution in [0.25, 0.3) is 15.7 Å². The molecule has 8 heteroatoms. The smallest absolute Gasteiger partial charge is 0.291 e. The minimum Gasteiger partial charge on any atom is -0.378 e. The summed E-state index contributed by atoms with van der Waals surface area (Å²) in [7, 11) is 0. The first kappa shape index (κ1) is 16.3. The summed E-state index contributed by atoms with van der Waals surface area (Å²) in [5, 5.41) is 4.48. The van der Waals surface area contributed by atoms with Gasteiger partial charge in [0.05, 0.1) is 23.4 Å². The van der Waals surface area contributed by atoms with Crippen molar-refractivity contribution < 1.29 is 9.53 Å². The molecule has 3 aromatic heterocycles. The molecule has 7 nitrogen and oxygen atoms in total. The van der Waals surface area contributed by atoms with E-state index in [1.165, 1.54) is 9.56 Å². The number of ether oxygens (including phenoxy) is 1. The largest absolute Gasteiger partial charge is 0.378 e. The highest BCUT2D eigenvalue weighted by molar-refractivity contribution is 7.19. The first-order valence-electron chi connectivity index (χ1n) is 8.45. The van der Waals surface area contributed by atoms with Crippen molar-refractivity contribution in [2.45, 2.75) is 26.8 Å². The van der Waals surface area contributed by atoms with Crippen LogP contribution in [0.1, 0.15) is 17.6 Å². The molecule has 4 rings (SSSR count). The predicted molar refractivity (Wildman–Crippen MR) is 96.3 cm³/mol. The highest BCUT2D eigenvalue weighted by atomic mass is 32.1. The van der Waals surface area contributed by atoms with E-state index in [0.717, 1.165) is 16.0 Å². The van der Waals surface area contributed by atoms with Crippen LogP contribution in [0.4, 0.5) is 0 Å². The standard InChI is InChI=1S/C17H20N4O3S/c1-3-15-18-20(10-16(22)19-4-6-24-7-5-19)17(23)13-9-14-12(21(13)15)8-11(2)25-14/h8-9H,3-7,10H2,1-2H3. The summed E-state index contributed by atoms with van der Waals surface area (Å²) in [6.07, 6.45) is 0.682. The number of hydrogen-bond acceptors (Lipinski definition) is 5. The van der Waals surface area contributed by atoms with Crippen LogP contribution in [-0.2, 0) is 22.5 Å². The van der Waals surface area contributed by atoms with Crippen molar-refractivity contribution in [3.8, 4) is 0 Å². The lowest BCUT2D eigenvalue weighted by Gasteiger charge is -2.26. The van der Waals surface area contributed by atoms with Gasteiger partial charge < -0.3 is 9.64 Å². The summed E-state index contributed by atoms with van der Waals surface area (Å²) in [4.78, 5) is 28.3. The van der Waals surface area contributed by atoms with Gasteiger partial charge in [-0.15, -0.1) is 11.3 Å². The molecule has 1 saturated heterocycles. The minimum absolute atomic E-state index is 0.0276. The fraction of sp³-hybridized carbons (Fsp3) is 0.471. The Hall–Kier alpha value is -2.19. The molecule has 0 spiro atoms. The molecule has 0 atom stereocenters.